The molecule has 0 saturated heterocycles. The number of hydrogen-bond donors (Lipinski definition) is 2. The summed E-state index contributed by atoms with van der Waals surface area (Å²) in [5.41, 5.74) is 13.5. The number of nitrogens with two attached hydrogens (primary N) is 2. The highest BCUT2D eigenvalue weighted by Gasteiger charge is 2.14. The fourth-order valence-electron chi connectivity index (χ4n) is 2.06. The summed E-state index contributed by atoms with van der Waals surface area (Å²) in [7, 11) is 0. The van der Waals surface area contributed by atoms with Gasteiger partial charge in [0, 0.05) is 24.6 Å². The third-order valence-electron chi connectivity index (χ3n) is 2.90. The number of anilines is 1. The molecule has 1 aromatic carbocycles. The Morgan fingerprint density at radius 3 is 2.78 bits per heavy atom. The normalized spacial score (nSPS) is 11.3. The summed E-state index contributed by atoms with van der Waals surface area (Å²) in [4.78, 5) is 15.5. The predicted octanol–water partition coefficient (Wildman–Crippen LogP) is 1.62. The van der Waals surface area contributed by atoms with Gasteiger partial charge in [0.1, 0.15) is 5.82 Å². The van der Waals surface area contributed by atoms with Gasteiger partial charge in [-0.05, 0) is 18.2 Å². The van der Waals surface area contributed by atoms with Gasteiger partial charge in [0.15, 0.2) is 0 Å². The molecule has 0 fully saturated rings. The second-order valence-electron chi connectivity index (χ2n) is 4.74. The Morgan fingerprint density at radius 2 is 2.17 bits per heavy atom. The van der Waals surface area contributed by atoms with Crippen molar-refractivity contribution < 1.29 is 4.79 Å². The van der Waals surface area contributed by atoms with E-state index in [1.54, 1.807) is 0 Å². The molecule has 0 aliphatic carbocycles. The fraction of sp³-hybridized carbons (Fsp3) is 0.385. The highest BCUT2D eigenvalue weighted by atomic mass is 16.1. The standard InChI is InChI=1S/C13H18N4O/c1-8(2)13-16-10-7-9(14)3-4-11(10)17(13)6-5-12(15)18/h3-4,7-8H,5-6,14H2,1-2H3,(H2,15,18). The average Bonchev–Trinajstić information content (AvgIpc) is 2.64. The summed E-state index contributed by atoms with van der Waals surface area (Å²) in [6.07, 6.45) is 0.315. The Bertz CT molecular complexity index is 586. The molecule has 4 N–H and O–H groups in total. The van der Waals surface area contributed by atoms with E-state index >= 15 is 0 Å². The number of carbonyl (C=O) groups is 1. The first-order valence-corrected chi connectivity index (χ1v) is 6.03. The summed E-state index contributed by atoms with van der Waals surface area (Å²) in [6, 6.07) is 5.63. The third-order valence-corrected chi connectivity index (χ3v) is 2.90. The number of aromatic nitrogens is 2. The van der Waals surface area contributed by atoms with Gasteiger partial charge < -0.3 is 16.0 Å². The number of nitrogen functional groups attached to an aromatic ring is 1. The summed E-state index contributed by atoms with van der Waals surface area (Å²) in [5, 5.41) is 0. The lowest BCUT2D eigenvalue weighted by molar-refractivity contribution is -0.118. The molecule has 0 spiro atoms. The molecule has 0 saturated carbocycles. The molecule has 0 unspecified atom stereocenters. The number of fused-ring (bicyclic) bond motifs is 1. The van der Waals surface area contributed by atoms with Crippen LogP contribution in [0.5, 0.6) is 0 Å². The van der Waals surface area contributed by atoms with E-state index in [0.29, 0.717) is 18.7 Å². The Kier molecular flexibility index (Phi) is 3.23. The quantitative estimate of drug-likeness (QED) is 0.803. The van der Waals surface area contributed by atoms with E-state index < -0.39 is 0 Å². The van der Waals surface area contributed by atoms with E-state index in [9.17, 15) is 4.79 Å². The Labute approximate surface area is 106 Å². The van der Waals surface area contributed by atoms with E-state index in [-0.39, 0.29) is 11.8 Å². The molecule has 0 aliphatic heterocycles. The molecule has 0 radical (unpaired) electrons. The number of benzene rings is 1. The number of carbonyl (C=O) groups excluding carboxylic acids is 1. The minimum absolute atomic E-state index is 0.284. The first-order valence-electron chi connectivity index (χ1n) is 6.03. The van der Waals surface area contributed by atoms with E-state index in [2.05, 4.69) is 18.8 Å². The first kappa shape index (κ1) is 12.4. The second-order valence-corrected chi connectivity index (χ2v) is 4.74. The largest absolute Gasteiger partial charge is 0.399 e. The van der Waals surface area contributed by atoms with E-state index in [0.717, 1.165) is 16.9 Å². The van der Waals surface area contributed by atoms with Gasteiger partial charge in [-0.1, -0.05) is 13.8 Å². The number of imidazole rings is 1. The monoisotopic (exact) mass is 246 g/mol. The van der Waals surface area contributed by atoms with Crippen molar-refractivity contribution >= 4 is 22.6 Å². The second kappa shape index (κ2) is 4.68. The molecule has 2 rings (SSSR count). The van der Waals surface area contributed by atoms with Crippen LogP contribution in [0.4, 0.5) is 5.69 Å². The van der Waals surface area contributed by atoms with Crippen LogP contribution in [0, 0.1) is 0 Å². The predicted molar refractivity (Wildman–Crippen MR) is 72.0 cm³/mol. The van der Waals surface area contributed by atoms with Crippen molar-refractivity contribution in [2.75, 3.05) is 5.73 Å². The van der Waals surface area contributed by atoms with Gasteiger partial charge in [0.05, 0.1) is 11.0 Å². The summed E-state index contributed by atoms with van der Waals surface area (Å²) >= 11 is 0. The lowest BCUT2D eigenvalue weighted by atomic mass is 10.2. The van der Waals surface area contributed by atoms with Gasteiger partial charge in [0.25, 0.3) is 0 Å². The zero-order valence-electron chi connectivity index (χ0n) is 10.7. The maximum absolute atomic E-state index is 10.9. The molecule has 0 bridgehead atoms. The van der Waals surface area contributed by atoms with Crippen LogP contribution in [0.3, 0.4) is 0 Å². The highest BCUT2D eigenvalue weighted by Crippen LogP contribution is 2.23. The zero-order valence-corrected chi connectivity index (χ0v) is 10.7. The SMILES string of the molecule is CC(C)c1nc2cc(N)ccc2n1CCC(N)=O. The molecule has 1 amide bonds. The number of aryl methyl sites for hydroxylation is 1. The van der Waals surface area contributed by atoms with Crippen molar-refractivity contribution in [3.05, 3.63) is 24.0 Å². The van der Waals surface area contributed by atoms with Crippen LogP contribution >= 0.6 is 0 Å². The molecule has 5 nitrogen and oxygen atoms in total. The van der Waals surface area contributed by atoms with Crippen molar-refractivity contribution in [3.63, 3.8) is 0 Å². The molecule has 1 heterocycles. The maximum atomic E-state index is 10.9. The third kappa shape index (κ3) is 2.30. The molecular formula is C13H18N4O. The van der Waals surface area contributed by atoms with Crippen LogP contribution in [0.2, 0.25) is 0 Å². The molecule has 1 aromatic heterocycles. The van der Waals surface area contributed by atoms with Crippen LogP contribution < -0.4 is 11.5 Å². The van der Waals surface area contributed by atoms with Gasteiger partial charge in [-0.2, -0.15) is 0 Å². The smallest absolute Gasteiger partial charge is 0.219 e. The number of rotatable bonds is 4. The van der Waals surface area contributed by atoms with E-state index in [1.807, 2.05) is 22.8 Å². The maximum Gasteiger partial charge on any atom is 0.219 e. The number of primary amides is 1. The van der Waals surface area contributed by atoms with Crippen molar-refractivity contribution in [1.29, 1.82) is 0 Å². The number of hydrogen-bond acceptors (Lipinski definition) is 3. The average molecular weight is 246 g/mol. The topological polar surface area (TPSA) is 86.9 Å². The van der Waals surface area contributed by atoms with Crippen LogP contribution in [-0.2, 0) is 11.3 Å². The van der Waals surface area contributed by atoms with Gasteiger partial charge in [-0.25, -0.2) is 4.98 Å². The molecule has 18 heavy (non-hydrogen) atoms. The Morgan fingerprint density at radius 1 is 1.44 bits per heavy atom. The molecule has 0 aliphatic rings. The summed E-state index contributed by atoms with van der Waals surface area (Å²) < 4.78 is 2.05. The van der Waals surface area contributed by atoms with Gasteiger partial charge in [-0.15, -0.1) is 0 Å². The molecular weight excluding hydrogens is 228 g/mol. The van der Waals surface area contributed by atoms with Gasteiger partial charge in [0.2, 0.25) is 5.91 Å². The van der Waals surface area contributed by atoms with Crippen LogP contribution in [0.1, 0.15) is 32.0 Å². The van der Waals surface area contributed by atoms with Crippen LogP contribution in [0.25, 0.3) is 11.0 Å². The van der Waals surface area contributed by atoms with E-state index in [4.69, 9.17) is 11.5 Å². The van der Waals surface area contributed by atoms with Crippen molar-refractivity contribution in [1.82, 2.24) is 9.55 Å². The number of amides is 1. The fourth-order valence-corrected chi connectivity index (χ4v) is 2.06. The lowest BCUT2D eigenvalue weighted by Crippen LogP contribution is -2.15. The minimum Gasteiger partial charge on any atom is -0.399 e. The molecule has 2 aromatic rings. The van der Waals surface area contributed by atoms with Crippen LogP contribution in [-0.4, -0.2) is 15.5 Å². The van der Waals surface area contributed by atoms with Gasteiger partial charge in [-0.3, -0.25) is 4.79 Å². The van der Waals surface area contributed by atoms with Crippen molar-refractivity contribution in [3.8, 4) is 0 Å². The molecule has 96 valence electrons. The lowest BCUT2D eigenvalue weighted by Gasteiger charge is -2.10. The van der Waals surface area contributed by atoms with Crippen molar-refractivity contribution in [2.45, 2.75) is 32.7 Å². The number of nitrogens with zero attached hydrogens (tertiary/aromatic N) is 2. The first-order chi connectivity index (χ1) is 8.49. The minimum atomic E-state index is -0.304. The van der Waals surface area contributed by atoms with Gasteiger partial charge >= 0.3 is 0 Å². The Hall–Kier alpha value is -2.04. The summed E-state index contributed by atoms with van der Waals surface area (Å²) in [5.74, 6) is 0.936. The van der Waals surface area contributed by atoms with Crippen LogP contribution in [0.15, 0.2) is 18.2 Å². The molecule has 5 heteroatoms. The zero-order chi connectivity index (χ0) is 13.3. The Balaban J connectivity index is 2.52. The van der Waals surface area contributed by atoms with Crippen molar-refractivity contribution in [2.24, 2.45) is 5.73 Å². The van der Waals surface area contributed by atoms with E-state index in [1.165, 1.54) is 0 Å². The molecule has 0 atom stereocenters. The summed E-state index contributed by atoms with van der Waals surface area (Å²) in [6.45, 7) is 4.71. The highest BCUT2D eigenvalue weighted by molar-refractivity contribution is 5.80.